The van der Waals surface area contributed by atoms with Crippen LogP contribution in [-0.4, -0.2) is 72.9 Å². The Kier molecular flexibility index (Phi) is 17.5. The molecule has 0 aromatic heterocycles. The molecule has 1 saturated heterocycles. The van der Waals surface area contributed by atoms with Crippen LogP contribution in [0, 0.1) is 0 Å². The SMILES string of the molecule is [N-]=[N+]=N[C@H]1C[C@@H](OCc2ccccc2)[C@@H](COCc2ccccc2)O[C@@H]1O[C@H]1[C@H](O)[C@H](OCc2ccccc2)[C@H](OCc2ccccc2)[C@@H](OCc2ccccc2)[C@@H]1OCc1ccccc1. The third kappa shape index (κ3) is 13.2. The molecule has 2 fully saturated rings. The lowest BCUT2D eigenvalue weighted by Crippen LogP contribution is -2.68. The van der Waals surface area contributed by atoms with E-state index in [1.807, 2.05) is 182 Å². The van der Waals surface area contributed by atoms with E-state index in [2.05, 4.69) is 10.0 Å². The van der Waals surface area contributed by atoms with Gasteiger partial charge in [0, 0.05) is 4.91 Å². The Balaban J connectivity index is 1.14. The quantitative estimate of drug-likeness (QED) is 0.0401. The molecular formula is C54H57N3O9. The van der Waals surface area contributed by atoms with E-state index in [4.69, 9.17) is 37.9 Å². The normalized spacial score (nSPS) is 25.2. The molecule has 66 heavy (non-hydrogen) atoms. The molecule has 1 heterocycles. The van der Waals surface area contributed by atoms with Gasteiger partial charge < -0.3 is 43.0 Å². The Morgan fingerprint density at radius 3 is 1.23 bits per heavy atom. The van der Waals surface area contributed by atoms with Gasteiger partial charge in [-0.25, -0.2) is 0 Å². The van der Waals surface area contributed by atoms with Crippen molar-refractivity contribution in [3.05, 3.63) is 226 Å². The zero-order chi connectivity index (χ0) is 45.2. The number of ether oxygens (including phenoxy) is 8. The van der Waals surface area contributed by atoms with Crippen molar-refractivity contribution in [1.29, 1.82) is 0 Å². The van der Waals surface area contributed by atoms with E-state index in [-0.39, 0.29) is 39.5 Å². The predicted octanol–water partition coefficient (Wildman–Crippen LogP) is 9.68. The monoisotopic (exact) mass is 891 g/mol. The molecule has 6 aromatic rings. The van der Waals surface area contributed by atoms with E-state index in [1.165, 1.54) is 0 Å². The van der Waals surface area contributed by atoms with Crippen LogP contribution in [0.15, 0.2) is 187 Å². The summed E-state index contributed by atoms with van der Waals surface area (Å²) in [6.45, 7) is 1.56. The Morgan fingerprint density at radius 2 is 0.818 bits per heavy atom. The number of hydrogen-bond donors (Lipinski definition) is 1. The highest BCUT2D eigenvalue weighted by Gasteiger charge is 2.55. The van der Waals surface area contributed by atoms with Crippen LogP contribution in [0.5, 0.6) is 0 Å². The van der Waals surface area contributed by atoms with E-state index in [0.29, 0.717) is 13.2 Å². The highest BCUT2D eigenvalue weighted by Crippen LogP contribution is 2.37. The van der Waals surface area contributed by atoms with Crippen LogP contribution in [0.3, 0.4) is 0 Å². The molecule has 0 unspecified atom stereocenters. The molecule has 1 saturated carbocycles. The number of rotatable bonds is 22. The van der Waals surface area contributed by atoms with Crippen LogP contribution in [0.1, 0.15) is 39.8 Å². The molecule has 10 atom stereocenters. The summed E-state index contributed by atoms with van der Waals surface area (Å²) in [4.78, 5) is 3.23. The van der Waals surface area contributed by atoms with Gasteiger partial charge in [0.15, 0.2) is 6.29 Å². The van der Waals surface area contributed by atoms with Crippen molar-refractivity contribution < 1.29 is 43.0 Å². The Labute approximate surface area is 386 Å². The van der Waals surface area contributed by atoms with Crippen molar-refractivity contribution in [2.45, 2.75) is 107 Å². The van der Waals surface area contributed by atoms with E-state index in [0.717, 1.165) is 33.4 Å². The molecule has 6 aromatic carbocycles. The fraction of sp³-hybridized carbons (Fsp3) is 0.333. The Morgan fingerprint density at radius 1 is 0.470 bits per heavy atom. The third-order valence-corrected chi connectivity index (χ3v) is 11.8. The topological polar surface area (TPSA) is 143 Å². The van der Waals surface area contributed by atoms with Crippen molar-refractivity contribution in [3.8, 4) is 0 Å². The van der Waals surface area contributed by atoms with Crippen molar-refractivity contribution in [2.24, 2.45) is 5.11 Å². The smallest absolute Gasteiger partial charge is 0.167 e. The summed E-state index contributed by atoms with van der Waals surface area (Å²) < 4.78 is 53.9. The maximum Gasteiger partial charge on any atom is 0.167 e. The average molecular weight is 892 g/mol. The van der Waals surface area contributed by atoms with Gasteiger partial charge in [-0.15, -0.1) is 0 Å². The fourth-order valence-corrected chi connectivity index (χ4v) is 8.39. The fourth-order valence-electron chi connectivity index (χ4n) is 8.39. The second-order valence-electron chi connectivity index (χ2n) is 16.5. The molecule has 0 bridgehead atoms. The van der Waals surface area contributed by atoms with E-state index in [9.17, 15) is 10.6 Å². The largest absolute Gasteiger partial charge is 0.387 e. The van der Waals surface area contributed by atoms with Crippen molar-refractivity contribution in [1.82, 2.24) is 0 Å². The number of hydrogen-bond acceptors (Lipinski definition) is 10. The first-order chi connectivity index (χ1) is 32.6. The van der Waals surface area contributed by atoms with Crippen LogP contribution in [-0.2, 0) is 77.5 Å². The standard InChI is InChI=1S/C54H57N3O9/c55-57-56-45-31-46(60-33-40-21-9-2-10-22-40)47(38-59-32-39-19-7-1-8-20-39)65-54(45)66-50-48(58)49(61-34-41-23-11-3-12-24-41)51(62-35-42-25-13-4-14-26-42)53(64-37-44-29-17-6-18-30-44)52(50)63-36-43-27-15-5-16-28-43/h1-30,45-54,58H,31-38H2/t45-,46+,47+,48+,49-,50-,51-,52+,53+,54+/m0/s1. The molecule has 1 aliphatic heterocycles. The van der Waals surface area contributed by atoms with Crippen molar-refractivity contribution in [2.75, 3.05) is 6.61 Å². The summed E-state index contributed by atoms with van der Waals surface area (Å²) in [5.74, 6) is 0. The molecule has 1 N–H and O–H groups in total. The summed E-state index contributed by atoms with van der Waals surface area (Å²) in [7, 11) is 0. The number of aliphatic hydroxyl groups is 1. The number of nitrogens with zero attached hydrogens (tertiary/aromatic N) is 3. The number of aliphatic hydroxyl groups excluding tert-OH is 1. The summed E-state index contributed by atoms with van der Waals surface area (Å²) in [6, 6.07) is 58.1. The van der Waals surface area contributed by atoms with Gasteiger partial charge in [-0.3, -0.25) is 0 Å². The van der Waals surface area contributed by atoms with Gasteiger partial charge in [0.1, 0.15) is 42.7 Å². The molecule has 1 aliphatic carbocycles. The first-order valence-electron chi connectivity index (χ1n) is 22.5. The highest BCUT2D eigenvalue weighted by atomic mass is 16.7. The average Bonchev–Trinajstić information content (AvgIpc) is 3.37. The first-order valence-corrected chi connectivity index (χ1v) is 22.5. The van der Waals surface area contributed by atoms with E-state index >= 15 is 0 Å². The molecule has 0 radical (unpaired) electrons. The summed E-state index contributed by atoms with van der Waals surface area (Å²) >= 11 is 0. The van der Waals surface area contributed by atoms with E-state index < -0.39 is 61.2 Å². The maximum absolute atomic E-state index is 12.8. The second-order valence-corrected chi connectivity index (χ2v) is 16.5. The summed E-state index contributed by atoms with van der Waals surface area (Å²) in [6.07, 6.45) is -8.18. The Bertz CT molecular complexity index is 2330. The van der Waals surface area contributed by atoms with Gasteiger partial charge in [0.05, 0.1) is 58.4 Å². The van der Waals surface area contributed by atoms with Crippen LogP contribution in [0.25, 0.3) is 10.4 Å². The minimum atomic E-state index is -1.35. The molecular weight excluding hydrogens is 835 g/mol. The Hall–Kier alpha value is -5.73. The molecule has 8 rings (SSSR count). The molecule has 12 heteroatoms. The lowest BCUT2D eigenvalue weighted by atomic mass is 9.83. The molecule has 342 valence electrons. The zero-order valence-corrected chi connectivity index (χ0v) is 36.8. The van der Waals surface area contributed by atoms with Gasteiger partial charge >= 0.3 is 0 Å². The van der Waals surface area contributed by atoms with Gasteiger partial charge in [-0.05, 0) is 45.3 Å². The minimum Gasteiger partial charge on any atom is -0.387 e. The van der Waals surface area contributed by atoms with Crippen LogP contribution < -0.4 is 0 Å². The second kappa shape index (κ2) is 24.7. The van der Waals surface area contributed by atoms with Crippen molar-refractivity contribution >= 4 is 0 Å². The van der Waals surface area contributed by atoms with Gasteiger partial charge in [0.25, 0.3) is 0 Å². The van der Waals surface area contributed by atoms with Gasteiger partial charge in [-0.2, -0.15) is 0 Å². The first kappa shape index (κ1) is 46.8. The number of benzene rings is 6. The molecule has 2 aliphatic rings. The highest BCUT2D eigenvalue weighted by molar-refractivity contribution is 5.19. The van der Waals surface area contributed by atoms with Gasteiger partial charge in [0.2, 0.25) is 0 Å². The maximum atomic E-state index is 12.8. The zero-order valence-electron chi connectivity index (χ0n) is 36.8. The molecule has 12 nitrogen and oxygen atoms in total. The lowest BCUT2D eigenvalue weighted by molar-refractivity contribution is -0.326. The summed E-state index contributed by atoms with van der Waals surface area (Å²) in [5.41, 5.74) is 15.6. The van der Waals surface area contributed by atoms with Crippen LogP contribution >= 0.6 is 0 Å². The van der Waals surface area contributed by atoms with Gasteiger partial charge in [-0.1, -0.05) is 187 Å². The molecule has 0 amide bonds. The predicted molar refractivity (Wildman–Crippen MR) is 248 cm³/mol. The number of azide groups is 1. The van der Waals surface area contributed by atoms with Crippen LogP contribution in [0.4, 0.5) is 0 Å². The third-order valence-electron chi connectivity index (χ3n) is 11.8. The van der Waals surface area contributed by atoms with E-state index in [1.54, 1.807) is 0 Å². The van der Waals surface area contributed by atoms with Crippen molar-refractivity contribution in [3.63, 3.8) is 0 Å². The minimum absolute atomic E-state index is 0.152. The molecule has 0 spiro atoms. The summed E-state index contributed by atoms with van der Waals surface area (Å²) in [5, 5.41) is 17.0. The van der Waals surface area contributed by atoms with Crippen LogP contribution in [0.2, 0.25) is 0 Å². The lowest BCUT2D eigenvalue weighted by Gasteiger charge is -2.50.